The van der Waals surface area contributed by atoms with Crippen molar-refractivity contribution in [3.8, 4) is 0 Å². The molecule has 0 aliphatic heterocycles. The average Bonchev–Trinajstić information content (AvgIpc) is 2.05. The third-order valence-corrected chi connectivity index (χ3v) is 4.30. The molecule has 0 atom stereocenters. The van der Waals surface area contributed by atoms with Crippen molar-refractivity contribution in [3.63, 3.8) is 0 Å². The van der Waals surface area contributed by atoms with Gasteiger partial charge in [0, 0.05) is 5.03 Å². The number of rotatable bonds is 2. The molecule has 86 valence electrons. The van der Waals surface area contributed by atoms with E-state index in [-0.39, 0.29) is 10.4 Å². The molecule has 0 aliphatic rings. The van der Waals surface area contributed by atoms with Crippen molar-refractivity contribution in [2.75, 3.05) is 5.88 Å². The predicted molar refractivity (Wildman–Crippen MR) is 70.9 cm³/mol. The van der Waals surface area contributed by atoms with Crippen LogP contribution in [0.5, 0.6) is 0 Å². The molecule has 0 rings (SSSR count). The molecule has 0 saturated heterocycles. The zero-order valence-electron chi connectivity index (χ0n) is 6.81. The van der Waals surface area contributed by atoms with E-state index >= 15 is 0 Å². The van der Waals surface area contributed by atoms with Crippen LogP contribution in [0.3, 0.4) is 0 Å². The van der Waals surface area contributed by atoms with Crippen LogP contribution >= 0.6 is 92.8 Å². The van der Waals surface area contributed by atoms with Crippen LogP contribution in [0.4, 0.5) is 0 Å². The molecule has 0 nitrogen and oxygen atoms in total. The molecule has 8 heteroatoms. The Morgan fingerprint density at radius 3 is 1.43 bits per heavy atom. The van der Waals surface area contributed by atoms with Crippen molar-refractivity contribution in [2.45, 2.75) is 16.1 Å². The molecule has 0 fully saturated rings. The number of allylic oxidation sites excluding steroid dienone is 1. The fraction of sp³-hybridized carbons (Fsp3) is 0.667. The number of alkyl halides is 5. The molecule has 0 N–H and O–H groups in total. The Bertz CT molecular complexity index is 166. The third-order valence-electron chi connectivity index (χ3n) is 0.758. The normalized spacial score (nSPS) is 10.7. The lowest BCUT2D eigenvalue weighted by molar-refractivity contribution is 0.960. The molecular weight excluding hydrogens is 356 g/mol. The molecule has 0 aromatic carbocycles. The average molecular weight is 362 g/mol. The zero-order valence-corrected chi connectivity index (χ0v) is 12.9. The molecule has 0 spiro atoms. The number of hydrogen-bond acceptors (Lipinski definition) is 0. The summed E-state index contributed by atoms with van der Waals surface area (Å²) in [5, 5.41) is 0.429. The Morgan fingerprint density at radius 2 is 1.43 bits per heavy atom. The second-order valence-corrected chi connectivity index (χ2v) is 6.41. The summed E-state index contributed by atoms with van der Waals surface area (Å²) in [6.07, 6.45) is 0. The van der Waals surface area contributed by atoms with Crippen molar-refractivity contribution >= 4 is 92.8 Å². The smallest absolute Gasteiger partial charge is 0.123 e. The van der Waals surface area contributed by atoms with E-state index in [0.717, 1.165) is 0 Å². The van der Waals surface area contributed by atoms with Gasteiger partial charge in [0.25, 0.3) is 0 Å². The highest BCUT2D eigenvalue weighted by Gasteiger charge is 2.30. The van der Waals surface area contributed by atoms with Crippen molar-refractivity contribution < 1.29 is 0 Å². The van der Waals surface area contributed by atoms with Gasteiger partial charge in [0.15, 0.2) is 4.33 Å². The Morgan fingerprint density at radius 1 is 1.14 bits per heavy atom. The van der Waals surface area contributed by atoms with Crippen LogP contribution in [0, 0.1) is 0 Å². The van der Waals surface area contributed by atoms with Gasteiger partial charge < -0.3 is 0 Å². The Balaban J connectivity index is 0. The zero-order chi connectivity index (χ0) is 11.9. The maximum Gasteiger partial charge on any atom is 0.161 e. The van der Waals surface area contributed by atoms with Gasteiger partial charge in [-0.2, -0.15) is 0 Å². The third kappa shape index (κ3) is 10.6. The number of halogens is 8. The second kappa shape index (κ2) is 9.13. The monoisotopic (exact) mass is 358 g/mol. The SMILES string of the molecule is CC(Cl)=C(Cl)Cl.ClCC(Cl)(Cl)C(Cl)Cl. The standard InChI is InChI=1S/C3H3Cl5.C3H3Cl3/c4-1-3(7,8)2(5)6;1-2(4)3(5)6/h2H,1H2;1H3. The molecule has 0 amide bonds. The van der Waals surface area contributed by atoms with Crippen LogP contribution in [-0.2, 0) is 0 Å². The summed E-state index contributed by atoms with van der Waals surface area (Å²) in [6, 6.07) is 0. The van der Waals surface area contributed by atoms with Crippen LogP contribution in [0.15, 0.2) is 9.52 Å². The van der Waals surface area contributed by atoms with E-state index in [9.17, 15) is 0 Å². The molecule has 0 saturated carbocycles. The van der Waals surface area contributed by atoms with Crippen LogP contribution in [0.25, 0.3) is 0 Å². The first-order chi connectivity index (χ1) is 6.15. The minimum absolute atomic E-state index is 0.0216. The van der Waals surface area contributed by atoms with Crippen LogP contribution < -0.4 is 0 Å². The van der Waals surface area contributed by atoms with Crippen molar-refractivity contribution in [3.05, 3.63) is 9.52 Å². The fourth-order valence-electron chi connectivity index (χ4n) is 0.0583. The van der Waals surface area contributed by atoms with Crippen molar-refractivity contribution in [2.24, 2.45) is 0 Å². The molecule has 0 heterocycles. The number of hydrogen-bond donors (Lipinski definition) is 0. The molecule has 0 radical (unpaired) electrons. The Labute approximate surface area is 123 Å². The summed E-state index contributed by atoms with van der Waals surface area (Å²) in [6.45, 7) is 1.62. The maximum atomic E-state index is 5.43. The molecule has 0 aliphatic carbocycles. The van der Waals surface area contributed by atoms with E-state index in [1.807, 2.05) is 0 Å². The fourth-order valence-corrected chi connectivity index (χ4v) is 0.525. The van der Waals surface area contributed by atoms with Crippen LogP contribution in [0.1, 0.15) is 6.92 Å². The van der Waals surface area contributed by atoms with Gasteiger partial charge in [-0.1, -0.05) is 58.0 Å². The summed E-state index contributed by atoms with van der Waals surface area (Å²) in [5.41, 5.74) is 0. The maximum absolute atomic E-state index is 5.43. The van der Waals surface area contributed by atoms with Crippen molar-refractivity contribution in [1.29, 1.82) is 0 Å². The van der Waals surface area contributed by atoms with Gasteiger partial charge in [0.2, 0.25) is 0 Å². The first-order valence-electron chi connectivity index (χ1n) is 3.04. The minimum atomic E-state index is -1.22. The molecular formula is C6H6Cl8. The Hall–Kier alpha value is 2.06. The van der Waals surface area contributed by atoms with Gasteiger partial charge >= 0.3 is 0 Å². The topological polar surface area (TPSA) is 0 Å². The highest BCUT2D eigenvalue weighted by atomic mass is 35.5. The van der Waals surface area contributed by atoms with E-state index in [4.69, 9.17) is 92.8 Å². The highest BCUT2D eigenvalue weighted by molar-refractivity contribution is 6.61. The van der Waals surface area contributed by atoms with Gasteiger partial charge in [0.05, 0.1) is 5.88 Å². The first kappa shape index (κ1) is 18.4. The van der Waals surface area contributed by atoms with Gasteiger partial charge in [-0.3, -0.25) is 0 Å². The molecule has 0 bridgehead atoms. The van der Waals surface area contributed by atoms with E-state index < -0.39 is 9.17 Å². The summed E-state index contributed by atoms with van der Waals surface area (Å²) in [4.78, 5) is -0.844. The van der Waals surface area contributed by atoms with E-state index in [2.05, 4.69) is 0 Å². The van der Waals surface area contributed by atoms with Crippen LogP contribution in [-0.4, -0.2) is 15.0 Å². The van der Waals surface area contributed by atoms with Gasteiger partial charge in [-0.15, -0.1) is 34.8 Å². The summed E-state index contributed by atoms with van der Waals surface area (Å²) in [7, 11) is 0. The lowest BCUT2D eigenvalue weighted by atomic mass is 10.5. The van der Waals surface area contributed by atoms with E-state index in [0.29, 0.717) is 5.03 Å². The van der Waals surface area contributed by atoms with Gasteiger partial charge in [-0.05, 0) is 6.92 Å². The molecule has 14 heavy (non-hydrogen) atoms. The molecule has 0 unspecified atom stereocenters. The van der Waals surface area contributed by atoms with Crippen LogP contribution in [0.2, 0.25) is 0 Å². The second-order valence-electron chi connectivity index (χ2n) is 1.99. The van der Waals surface area contributed by atoms with Gasteiger partial charge in [0.1, 0.15) is 9.33 Å². The minimum Gasteiger partial charge on any atom is -0.123 e. The predicted octanol–water partition coefficient (Wildman–Crippen LogP) is 6.09. The van der Waals surface area contributed by atoms with Crippen molar-refractivity contribution in [1.82, 2.24) is 0 Å². The van der Waals surface area contributed by atoms with E-state index in [1.54, 1.807) is 6.92 Å². The lowest BCUT2D eigenvalue weighted by Gasteiger charge is -2.15. The largest absolute Gasteiger partial charge is 0.161 e. The lowest BCUT2D eigenvalue weighted by Crippen LogP contribution is -2.23. The van der Waals surface area contributed by atoms with E-state index in [1.165, 1.54) is 0 Å². The first-order valence-corrected chi connectivity index (χ1v) is 6.34. The summed E-state index contributed by atoms with van der Waals surface area (Å²) in [5.74, 6) is 0.0216. The highest BCUT2D eigenvalue weighted by Crippen LogP contribution is 2.32. The van der Waals surface area contributed by atoms with Gasteiger partial charge in [-0.25, -0.2) is 0 Å². The molecule has 0 aromatic rings. The Kier molecular flexibility index (Phi) is 12.0. The summed E-state index contributed by atoms with van der Waals surface area (Å²) < 4.78 is -1.08. The molecule has 0 aromatic heterocycles. The quantitative estimate of drug-likeness (QED) is 0.522. The summed E-state index contributed by atoms with van der Waals surface area (Å²) >= 11 is 42.2.